The fourth-order valence-electron chi connectivity index (χ4n) is 2.47. The topological polar surface area (TPSA) is 35.6 Å². The van der Waals surface area contributed by atoms with Gasteiger partial charge in [-0.05, 0) is 40.5 Å². The molecule has 3 rings (SSSR count). The zero-order valence-electron chi connectivity index (χ0n) is 11.6. The molecule has 110 valence electrons. The summed E-state index contributed by atoms with van der Waals surface area (Å²) in [5.41, 5.74) is 3.76. The Bertz CT molecular complexity index is 822. The van der Waals surface area contributed by atoms with Crippen LogP contribution in [0.25, 0.3) is 16.9 Å². The molecule has 0 fully saturated rings. The molecule has 1 aromatic carbocycles. The first-order valence-corrected chi connectivity index (χ1v) is 8.22. The lowest BCUT2D eigenvalue weighted by molar-refractivity contribution is 0.744. The maximum atomic E-state index is 6.09. The summed E-state index contributed by atoms with van der Waals surface area (Å²) in [4.78, 5) is 4.66. The van der Waals surface area contributed by atoms with Gasteiger partial charge in [-0.25, -0.2) is 9.67 Å². The highest BCUT2D eigenvalue weighted by Crippen LogP contribution is 2.30. The highest BCUT2D eigenvalue weighted by Gasteiger charge is 2.20. The van der Waals surface area contributed by atoms with Gasteiger partial charge in [-0.2, -0.15) is 5.10 Å². The molecule has 0 aliphatic carbocycles. The third-order valence-corrected chi connectivity index (χ3v) is 4.49. The first-order chi connectivity index (χ1) is 10.1. The lowest BCUT2D eigenvalue weighted by Gasteiger charge is -2.10. The van der Waals surface area contributed by atoms with Crippen molar-refractivity contribution in [2.45, 2.75) is 19.2 Å². The van der Waals surface area contributed by atoms with Crippen LogP contribution in [0.15, 0.2) is 22.7 Å². The van der Waals surface area contributed by atoms with Gasteiger partial charge in [0, 0.05) is 16.5 Å². The molecule has 3 aromatic rings. The summed E-state index contributed by atoms with van der Waals surface area (Å²) in [6, 6.07) is 5.66. The van der Waals surface area contributed by atoms with Crippen LogP contribution in [0, 0.1) is 0 Å². The van der Waals surface area contributed by atoms with E-state index in [1.165, 1.54) is 0 Å². The van der Waals surface area contributed by atoms with Crippen molar-refractivity contribution >= 4 is 50.3 Å². The molecule has 0 amide bonds. The molecule has 2 aromatic heterocycles. The highest BCUT2D eigenvalue weighted by atomic mass is 79.9. The third-order valence-electron chi connectivity index (χ3n) is 3.38. The van der Waals surface area contributed by atoms with Gasteiger partial charge in [0.1, 0.15) is 11.3 Å². The Hall–Kier alpha value is -1.04. The largest absolute Gasteiger partial charge is 0.279 e. The smallest absolute Gasteiger partial charge is 0.163 e. The third kappa shape index (κ3) is 2.37. The highest BCUT2D eigenvalue weighted by molar-refractivity contribution is 9.10. The van der Waals surface area contributed by atoms with Gasteiger partial charge in [-0.1, -0.05) is 18.5 Å². The van der Waals surface area contributed by atoms with Crippen LogP contribution in [-0.2, 0) is 19.3 Å². The summed E-state index contributed by atoms with van der Waals surface area (Å²) in [6.07, 6.45) is 0.831. The van der Waals surface area contributed by atoms with Crippen molar-refractivity contribution in [2.24, 2.45) is 7.05 Å². The second-order valence-corrected chi connectivity index (χ2v) is 6.25. The van der Waals surface area contributed by atoms with Crippen molar-refractivity contribution in [3.63, 3.8) is 0 Å². The molecular formula is C14H13BrCl2N4. The lowest BCUT2D eigenvalue weighted by Crippen LogP contribution is -2.05. The van der Waals surface area contributed by atoms with E-state index in [-0.39, 0.29) is 0 Å². The van der Waals surface area contributed by atoms with Gasteiger partial charge in [0.05, 0.1) is 17.3 Å². The Kier molecular flexibility index (Phi) is 3.99. The molecule has 7 heteroatoms. The minimum atomic E-state index is 0.326. The number of nitrogens with zero attached hydrogens (tertiary/aromatic N) is 4. The van der Waals surface area contributed by atoms with E-state index in [4.69, 9.17) is 23.2 Å². The van der Waals surface area contributed by atoms with E-state index in [0.717, 1.165) is 39.3 Å². The zero-order valence-corrected chi connectivity index (χ0v) is 14.7. The van der Waals surface area contributed by atoms with E-state index in [1.54, 1.807) is 0 Å². The Morgan fingerprint density at radius 2 is 2.10 bits per heavy atom. The van der Waals surface area contributed by atoms with E-state index in [9.17, 15) is 0 Å². The minimum Gasteiger partial charge on any atom is -0.279 e. The van der Waals surface area contributed by atoms with Crippen LogP contribution in [-0.4, -0.2) is 19.3 Å². The van der Waals surface area contributed by atoms with Gasteiger partial charge in [0.2, 0.25) is 0 Å². The van der Waals surface area contributed by atoms with E-state index in [0.29, 0.717) is 10.9 Å². The summed E-state index contributed by atoms with van der Waals surface area (Å²) in [7, 11) is 1.92. The van der Waals surface area contributed by atoms with E-state index >= 15 is 0 Å². The van der Waals surface area contributed by atoms with Gasteiger partial charge < -0.3 is 0 Å². The standard InChI is InChI=1S/C14H13BrCl2N4/c1-3-10-13-14(20(2)19-10)21(12(7-16)18-13)11-5-4-8(17)6-9(11)15/h4-6H,3,7H2,1-2H3. The molecule has 21 heavy (non-hydrogen) atoms. The molecular weight excluding hydrogens is 375 g/mol. The lowest BCUT2D eigenvalue weighted by atomic mass is 10.3. The number of fused-ring (bicyclic) bond motifs is 1. The summed E-state index contributed by atoms with van der Waals surface area (Å²) < 4.78 is 4.76. The maximum Gasteiger partial charge on any atom is 0.163 e. The van der Waals surface area contributed by atoms with Gasteiger partial charge in [-0.3, -0.25) is 4.57 Å². The van der Waals surface area contributed by atoms with Crippen LogP contribution < -0.4 is 0 Å². The number of imidazole rings is 1. The SMILES string of the molecule is CCc1nn(C)c2c1nc(CCl)n2-c1ccc(Cl)cc1Br. The van der Waals surface area contributed by atoms with E-state index in [1.807, 2.05) is 34.5 Å². The maximum absolute atomic E-state index is 6.09. The summed E-state index contributed by atoms with van der Waals surface area (Å²) >= 11 is 15.7. The van der Waals surface area contributed by atoms with Crippen molar-refractivity contribution in [3.8, 4) is 5.69 Å². The van der Waals surface area contributed by atoms with Crippen molar-refractivity contribution in [3.05, 3.63) is 39.2 Å². The molecule has 0 atom stereocenters. The normalized spacial score (nSPS) is 11.5. The van der Waals surface area contributed by atoms with E-state index in [2.05, 4.69) is 32.9 Å². The minimum absolute atomic E-state index is 0.326. The number of hydrogen-bond donors (Lipinski definition) is 0. The molecule has 4 nitrogen and oxygen atoms in total. The predicted molar refractivity (Wildman–Crippen MR) is 89.5 cm³/mol. The second kappa shape index (κ2) is 5.63. The van der Waals surface area contributed by atoms with Crippen molar-refractivity contribution < 1.29 is 0 Å². The molecule has 0 N–H and O–H groups in total. The number of alkyl halides is 1. The number of rotatable bonds is 3. The summed E-state index contributed by atoms with van der Waals surface area (Å²) in [6.45, 7) is 2.07. The van der Waals surface area contributed by atoms with Crippen LogP contribution >= 0.6 is 39.1 Å². The number of hydrogen-bond acceptors (Lipinski definition) is 2. The fraction of sp³-hybridized carbons (Fsp3) is 0.286. The predicted octanol–water partition coefficient (Wildman–Crippen LogP) is 4.48. The quantitative estimate of drug-likeness (QED) is 0.621. The van der Waals surface area contributed by atoms with Gasteiger partial charge >= 0.3 is 0 Å². The van der Waals surface area contributed by atoms with Crippen LogP contribution in [0.3, 0.4) is 0 Å². The molecule has 0 aliphatic rings. The van der Waals surface area contributed by atoms with Crippen LogP contribution in [0.1, 0.15) is 18.4 Å². The molecule has 2 heterocycles. The van der Waals surface area contributed by atoms with Gasteiger partial charge in [-0.15, -0.1) is 11.6 Å². The summed E-state index contributed by atoms with van der Waals surface area (Å²) in [5.74, 6) is 1.12. The monoisotopic (exact) mass is 386 g/mol. The Labute approximate surface area is 140 Å². The summed E-state index contributed by atoms with van der Waals surface area (Å²) in [5, 5.41) is 5.20. The number of halogens is 3. The van der Waals surface area contributed by atoms with Gasteiger partial charge in [0.25, 0.3) is 0 Å². The van der Waals surface area contributed by atoms with Gasteiger partial charge in [0.15, 0.2) is 5.65 Å². The van der Waals surface area contributed by atoms with Crippen LogP contribution in [0.5, 0.6) is 0 Å². The average Bonchev–Trinajstić information content (AvgIpc) is 2.97. The van der Waals surface area contributed by atoms with Crippen molar-refractivity contribution in [1.29, 1.82) is 0 Å². The number of aryl methyl sites for hydroxylation is 2. The Morgan fingerprint density at radius 3 is 2.71 bits per heavy atom. The van der Waals surface area contributed by atoms with E-state index < -0.39 is 0 Å². The van der Waals surface area contributed by atoms with Crippen LogP contribution in [0.4, 0.5) is 0 Å². The molecule has 0 unspecified atom stereocenters. The Balaban J connectivity index is 2.37. The number of benzene rings is 1. The molecule has 0 spiro atoms. The molecule has 0 saturated carbocycles. The van der Waals surface area contributed by atoms with Crippen LogP contribution in [0.2, 0.25) is 5.02 Å². The molecule has 0 bridgehead atoms. The molecule has 0 aliphatic heterocycles. The van der Waals surface area contributed by atoms with Crippen molar-refractivity contribution in [1.82, 2.24) is 19.3 Å². The molecule has 0 saturated heterocycles. The Morgan fingerprint density at radius 1 is 1.33 bits per heavy atom. The average molecular weight is 388 g/mol. The zero-order chi connectivity index (χ0) is 15.1. The molecule has 0 radical (unpaired) electrons. The first-order valence-electron chi connectivity index (χ1n) is 6.51. The number of aromatic nitrogens is 4. The van der Waals surface area contributed by atoms with Crippen molar-refractivity contribution in [2.75, 3.05) is 0 Å². The fourth-order valence-corrected chi connectivity index (χ4v) is 3.51. The second-order valence-electron chi connectivity index (χ2n) is 4.69. The first kappa shape index (κ1) is 14.9.